The summed E-state index contributed by atoms with van der Waals surface area (Å²) in [4.78, 5) is 14.7. The Labute approximate surface area is 178 Å². The van der Waals surface area contributed by atoms with E-state index in [1.54, 1.807) is 16.7 Å². The van der Waals surface area contributed by atoms with Gasteiger partial charge in [0, 0.05) is 30.6 Å². The lowest BCUT2D eigenvalue weighted by molar-refractivity contribution is -0.121. The maximum Gasteiger partial charge on any atom is 0.261 e. The number of nitrogens with zero attached hydrogens (tertiary/aromatic N) is 1. The van der Waals surface area contributed by atoms with Gasteiger partial charge < -0.3 is 5.32 Å². The summed E-state index contributed by atoms with van der Waals surface area (Å²) in [5.41, 5.74) is 3.03. The van der Waals surface area contributed by atoms with Crippen LogP contribution >= 0.6 is 23.4 Å². The number of alkyl halides is 2. The summed E-state index contributed by atoms with van der Waals surface area (Å²) in [6, 6.07) is 15.5. The third-order valence-corrected chi connectivity index (χ3v) is 6.97. The largest absolute Gasteiger partial charge is 0.351 e. The number of carbonyl (C=O) groups excluding carboxylic acids is 1. The Balaban J connectivity index is 1.45. The van der Waals surface area contributed by atoms with Crippen molar-refractivity contribution in [1.82, 2.24) is 10.2 Å². The number of carbonyl (C=O) groups is 1. The minimum Gasteiger partial charge on any atom is -0.351 e. The number of nitrogens with one attached hydrogen (secondary N) is 1. The van der Waals surface area contributed by atoms with E-state index in [4.69, 9.17) is 11.6 Å². The van der Waals surface area contributed by atoms with Crippen LogP contribution < -0.4 is 5.32 Å². The molecule has 0 spiro atoms. The van der Waals surface area contributed by atoms with E-state index in [9.17, 15) is 13.6 Å². The first-order valence-corrected chi connectivity index (χ1v) is 11.2. The van der Waals surface area contributed by atoms with E-state index < -0.39 is 5.92 Å². The first-order chi connectivity index (χ1) is 13.9. The predicted molar refractivity (Wildman–Crippen MR) is 115 cm³/mol. The first-order valence-electron chi connectivity index (χ1n) is 9.78. The monoisotopic (exact) mass is 436 g/mol. The van der Waals surface area contributed by atoms with Crippen molar-refractivity contribution in [2.75, 3.05) is 25.4 Å². The Morgan fingerprint density at radius 2 is 1.97 bits per heavy atom. The Morgan fingerprint density at radius 3 is 2.69 bits per heavy atom. The molecule has 1 N–H and O–H groups in total. The highest BCUT2D eigenvalue weighted by molar-refractivity contribution is 8.00. The van der Waals surface area contributed by atoms with Gasteiger partial charge in [0.25, 0.3) is 5.92 Å². The number of amides is 1. The van der Waals surface area contributed by atoms with Crippen molar-refractivity contribution >= 4 is 29.3 Å². The maximum atomic E-state index is 13.4. The van der Waals surface area contributed by atoms with Gasteiger partial charge in [0.05, 0.1) is 6.54 Å². The van der Waals surface area contributed by atoms with Gasteiger partial charge in [-0.05, 0) is 47.1 Å². The summed E-state index contributed by atoms with van der Waals surface area (Å²) in [5, 5.41) is 3.47. The van der Waals surface area contributed by atoms with E-state index >= 15 is 0 Å². The molecule has 2 saturated heterocycles. The van der Waals surface area contributed by atoms with Gasteiger partial charge in [-0.2, -0.15) is 0 Å². The smallest absolute Gasteiger partial charge is 0.261 e. The topological polar surface area (TPSA) is 32.3 Å². The van der Waals surface area contributed by atoms with Crippen molar-refractivity contribution in [2.24, 2.45) is 0 Å². The van der Waals surface area contributed by atoms with Crippen LogP contribution in [0.1, 0.15) is 23.7 Å². The molecule has 4 rings (SSSR count). The van der Waals surface area contributed by atoms with Crippen LogP contribution in [0.25, 0.3) is 11.1 Å². The van der Waals surface area contributed by atoms with Crippen molar-refractivity contribution in [2.45, 2.75) is 30.1 Å². The Bertz CT molecular complexity index is 877. The maximum absolute atomic E-state index is 13.4. The number of thioether (sulfide) groups is 1. The summed E-state index contributed by atoms with van der Waals surface area (Å²) in [5.74, 6) is -1.84. The second-order valence-corrected chi connectivity index (χ2v) is 9.37. The molecule has 0 aromatic heterocycles. The molecular formula is C22H23ClF2N2OS. The van der Waals surface area contributed by atoms with Gasteiger partial charge in [-0.3, -0.25) is 9.69 Å². The number of hydrogen-bond acceptors (Lipinski definition) is 3. The fourth-order valence-electron chi connectivity index (χ4n) is 3.94. The van der Waals surface area contributed by atoms with E-state index in [2.05, 4.69) is 5.32 Å². The van der Waals surface area contributed by atoms with E-state index in [0.717, 1.165) is 28.9 Å². The molecule has 2 heterocycles. The summed E-state index contributed by atoms with van der Waals surface area (Å²) in [7, 11) is 0. The van der Waals surface area contributed by atoms with Gasteiger partial charge in [-0.15, -0.1) is 11.8 Å². The number of halogens is 3. The second kappa shape index (κ2) is 8.62. The molecule has 2 aliphatic heterocycles. The summed E-state index contributed by atoms with van der Waals surface area (Å²) in [6.45, 7) is 0.664. The minimum absolute atomic E-state index is 0.0447. The van der Waals surface area contributed by atoms with Crippen molar-refractivity contribution < 1.29 is 13.6 Å². The lowest BCUT2D eigenvalue weighted by atomic mass is 10.0. The standard InChI is InChI=1S/C22H23ClF2N2OS/c23-18-6-4-15(5-7-18)16-2-1-3-17(12-16)20-21(28)26-19(8-11-29-20)13-27-10-9-22(24,25)14-27/h1-7,12,19-20H,8-11,13-14H2,(H,26,28)/t19-,20+/m0/s1. The molecular weight excluding hydrogens is 414 g/mol. The molecule has 3 nitrogen and oxygen atoms in total. The fraction of sp³-hybridized carbons (Fsp3) is 0.409. The predicted octanol–water partition coefficient (Wildman–Crippen LogP) is 5.01. The third-order valence-electron chi connectivity index (χ3n) is 5.43. The molecule has 2 atom stereocenters. The van der Waals surface area contributed by atoms with Crippen LogP contribution in [0.3, 0.4) is 0 Å². The van der Waals surface area contributed by atoms with Crippen molar-refractivity contribution in [3.63, 3.8) is 0 Å². The van der Waals surface area contributed by atoms with Crippen LogP contribution in [-0.2, 0) is 4.79 Å². The Kier molecular flexibility index (Phi) is 6.13. The van der Waals surface area contributed by atoms with Gasteiger partial charge in [0.15, 0.2) is 0 Å². The number of benzene rings is 2. The highest BCUT2D eigenvalue weighted by Crippen LogP contribution is 2.35. The highest BCUT2D eigenvalue weighted by atomic mass is 35.5. The normalized spacial score (nSPS) is 24.9. The SMILES string of the molecule is O=C1N[C@H](CN2CCC(F)(F)C2)CCS[C@@H]1c1cccc(-c2ccc(Cl)cc2)c1. The Hall–Kier alpha value is -1.63. The van der Waals surface area contributed by atoms with Gasteiger partial charge in [0.2, 0.25) is 5.91 Å². The zero-order valence-electron chi connectivity index (χ0n) is 15.9. The molecule has 0 radical (unpaired) electrons. The molecule has 0 saturated carbocycles. The molecule has 0 aliphatic carbocycles. The number of likely N-dealkylation sites (tertiary alicyclic amines) is 1. The molecule has 7 heteroatoms. The average molecular weight is 437 g/mol. The van der Waals surface area contributed by atoms with Crippen LogP contribution in [0.5, 0.6) is 0 Å². The van der Waals surface area contributed by atoms with Crippen LogP contribution in [0.2, 0.25) is 5.02 Å². The molecule has 2 aromatic rings. The lowest BCUT2D eigenvalue weighted by Crippen LogP contribution is -2.43. The van der Waals surface area contributed by atoms with E-state index in [1.807, 2.05) is 48.5 Å². The zero-order valence-corrected chi connectivity index (χ0v) is 17.5. The van der Waals surface area contributed by atoms with Crippen LogP contribution in [0, 0.1) is 0 Å². The zero-order chi connectivity index (χ0) is 20.4. The molecule has 1 amide bonds. The highest BCUT2D eigenvalue weighted by Gasteiger charge is 2.39. The molecule has 2 aliphatic rings. The van der Waals surface area contributed by atoms with Gasteiger partial charge >= 0.3 is 0 Å². The first kappa shape index (κ1) is 20.6. The summed E-state index contributed by atoms with van der Waals surface area (Å²) in [6.07, 6.45) is 0.689. The van der Waals surface area contributed by atoms with E-state index in [0.29, 0.717) is 18.1 Å². The molecule has 154 valence electrons. The fourth-order valence-corrected chi connectivity index (χ4v) is 5.28. The van der Waals surface area contributed by atoms with Crippen molar-refractivity contribution in [3.8, 4) is 11.1 Å². The van der Waals surface area contributed by atoms with Gasteiger partial charge in [-0.1, -0.05) is 41.9 Å². The second-order valence-electron chi connectivity index (χ2n) is 7.72. The van der Waals surface area contributed by atoms with Gasteiger partial charge in [-0.25, -0.2) is 8.78 Å². The minimum atomic E-state index is -2.60. The summed E-state index contributed by atoms with van der Waals surface area (Å²) >= 11 is 7.59. The number of rotatable bonds is 4. The molecule has 0 unspecified atom stereocenters. The van der Waals surface area contributed by atoms with Crippen molar-refractivity contribution in [3.05, 3.63) is 59.1 Å². The molecule has 29 heavy (non-hydrogen) atoms. The van der Waals surface area contributed by atoms with Crippen molar-refractivity contribution in [1.29, 1.82) is 0 Å². The van der Waals surface area contributed by atoms with Crippen LogP contribution in [-0.4, -0.2) is 48.2 Å². The lowest BCUT2D eigenvalue weighted by Gasteiger charge is -2.23. The summed E-state index contributed by atoms with van der Waals surface area (Å²) < 4.78 is 26.9. The third kappa shape index (κ3) is 5.11. The van der Waals surface area contributed by atoms with E-state index in [1.165, 1.54) is 0 Å². The molecule has 2 aromatic carbocycles. The number of hydrogen-bond donors (Lipinski definition) is 1. The molecule has 2 fully saturated rings. The molecule has 0 bridgehead atoms. The Morgan fingerprint density at radius 1 is 1.17 bits per heavy atom. The van der Waals surface area contributed by atoms with Gasteiger partial charge in [0.1, 0.15) is 5.25 Å². The van der Waals surface area contributed by atoms with Crippen LogP contribution in [0.15, 0.2) is 48.5 Å². The quantitative estimate of drug-likeness (QED) is 0.731. The van der Waals surface area contributed by atoms with E-state index in [-0.39, 0.29) is 30.2 Å². The van der Waals surface area contributed by atoms with Crippen LogP contribution in [0.4, 0.5) is 8.78 Å². The average Bonchev–Trinajstić information content (AvgIpc) is 2.92.